The Balaban J connectivity index is 1.15. The van der Waals surface area contributed by atoms with Gasteiger partial charge in [0.2, 0.25) is 5.91 Å². The highest BCUT2D eigenvalue weighted by Gasteiger charge is 2.22. The lowest BCUT2D eigenvalue weighted by Crippen LogP contribution is -2.48. The molecule has 4 heterocycles. The van der Waals surface area contributed by atoms with Crippen LogP contribution in [0.2, 0.25) is 0 Å². The van der Waals surface area contributed by atoms with E-state index in [2.05, 4.69) is 28.1 Å². The molecule has 0 atom stereocenters. The van der Waals surface area contributed by atoms with Gasteiger partial charge in [0.05, 0.1) is 18.7 Å². The molecule has 0 N–H and O–H groups in total. The van der Waals surface area contributed by atoms with Gasteiger partial charge in [0.25, 0.3) is 0 Å². The number of imidazole rings is 1. The molecule has 7 heteroatoms. The molecule has 1 fully saturated rings. The number of hydrogen-bond acceptors (Lipinski definition) is 5. The molecule has 27 heavy (non-hydrogen) atoms. The van der Waals surface area contributed by atoms with Gasteiger partial charge < -0.3 is 9.64 Å². The van der Waals surface area contributed by atoms with E-state index in [4.69, 9.17) is 4.74 Å². The zero-order valence-electron chi connectivity index (χ0n) is 15.1. The lowest BCUT2D eigenvalue weighted by Gasteiger charge is -2.34. The average Bonchev–Trinajstić information content (AvgIpc) is 3.38. The maximum atomic E-state index is 12.6. The fourth-order valence-electron chi connectivity index (χ4n) is 3.88. The number of benzene rings is 1. The Morgan fingerprint density at radius 3 is 2.96 bits per heavy atom. The number of carbonyl (C=O) groups excluding carboxylic acids is 1. The fraction of sp³-hybridized carbons (Fsp3) is 0.400. The van der Waals surface area contributed by atoms with E-state index >= 15 is 0 Å². The lowest BCUT2D eigenvalue weighted by atomic mass is 10.1. The van der Waals surface area contributed by atoms with Crippen molar-refractivity contribution in [3.05, 3.63) is 52.8 Å². The molecule has 0 bridgehead atoms. The zero-order chi connectivity index (χ0) is 18.2. The van der Waals surface area contributed by atoms with E-state index in [-0.39, 0.29) is 5.91 Å². The highest BCUT2D eigenvalue weighted by Crippen LogP contribution is 2.26. The van der Waals surface area contributed by atoms with Crippen molar-refractivity contribution in [1.29, 1.82) is 0 Å². The van der Waals surface area contributed by atoms with E-state index in [1.54, 1.807) is 11.3 Å². The van der Waals surface area contributed by atoms with Crippen LogP contribution in [0.3, 0.4) is 0 Å². The molecule has 3 aromatic rings. The molecule has 1 amide bonds. The van der Waals surface area contributed by atoms with Crippen LogP contribution in [0.25, 0.3) is 4.96 Å². The van der Waals surface area contributed by atoms with E-state index in [0.29, 0.717) is 6.42 Å². The summed E-state index contributed by atoms with van der Waals surface area (Å²) in [5, 5.41) is 2.00. The zero-order valence-corrected chi connectivity index (χ0v) is 16.0. The first-order valence-corrected chi connectivity index (χ1v) is 10.3. The van der Waals surface area contributed by atoms with Crippen molar-refractivity contribution in [1.82, 2.24) is 19.2 Å². The van der Waals surface area contributed by atoms with Gasteiger partial charge in [-0.15, -0.1) is 11.3 Å². The summed E-state index contributed by atoms with van der Waals surface area (Å²) in [6.45, 7) is 5.14. The van der Waals surface area contributed by atoms with E-state index in [0.717, 1.165) is 62.2 Å². The van der Waals surface area contributed by atoms with E-state index in [1.807, 2.05) is 27.1 Å². The second-order valence-corrected chi connectivity index (χ2v) is 8.07. The van der Waals surface area contributed by atoms with Crippen molar-refractivity contribution < 1.29 is 9.53 Å². The molecular weight excluding hydrogens is 360 g/mol. The largest absolute Gasteiger partial charge is 0.493 e. The minimum atomic E-state index is 0.176. The van der Waals surface area contributed by atoms with Crippen molar-refractivity contribution in [2.75, 3.05) is 32.8 Å². The van der Waals surface area contributed by atoms with Gasteiger partial charge in [-0.05, 0) is 17.2 Å². The van der Waals surface area contributed by atoms with E-state index in [1.165, 1.54) is 11.1 Å². The number of fused-ring (bicyclic) bond motifs is 2. The predicted octanol–water partition coefficient (Wildman–Crippen LogP) is 2.22. The molecule has 1 saturated heterocycles. The Labute approximate surface area is 162 Å². The van der Waals surface area contributed by atoms with Crippen LogP contribution < -0.4 is 4.74 Å². The maximum absolute atomic E-state index is 12.6. The van der Waals surface area contributed by atoms with Gasteiger partial charge >= 0.3 is 0 Å². The number of piperazine rings is 1. The quantitative estimate of drug-likeness (QED) is 0.694. The monoisotopic (exact) mass is 382 g/mol. The van der Waals surface area contributed by atoms with Gasteiger partial charge in [0.15, 0.2) is 4.96 Å². The van der Waals surface area contributed by atoms with Crippen LogP contribution in [-0.4, -0.2) is 57.9 Å². The highest BCUT2D eigenvalue weighted by atomic mass is 32.1. The highest BCUT2D eigenvalue weighted by molar-refractivity contribution is 7.15. The average molecular weight is 382 g/mol. The summed E-state index contributed by atoms with van der Waals surface area (Å²) in [6.07, 6.45) is 5.33. The summed E-state index contributed by atoms with van der Waals surface area (Å²) >= 11 is 1.59. The van der Waals surface area contributed by atoms with Gasteiger partial charge in [-0.3, -0.25) is 14.1 Å². The van der Waals surface area contributed by atoms with Gasteiger partial charge in [0.1, 0.15) is 5.75 Å². The summed E-state index contributed by atoms with van der Waals surface area (Å²) in [5.74, 6) is 1.21. The van der Waals surface area contributed by atoms with E-state index in [9.17, 15) is 4.79 Å². The molecule has 0 unspecified atom stereocenters. The molecular formula is C20H22N4O2S. The number of rotatable bonds is 4. The summed E-state index contributed by atoms with van der Waals surface area (Å²) in [6, 6.07) is 6.52. The second-order valence-electron chi connectivity index (χ2n) is 7.20. The SMILES string of the molecule is O=C(Cc1cn2ccsc2n1)N1CCN(Cc2ccc3c(c2)CCO3)CC1. The Morgan fingerprint density at radius 2 is 2.11 bits per heavy atom. The molecule has 140 valence electrons. The molecule has 2 aliphatic rings. The van der Waals surface area contributed by atoms with Crippen LogP contribution >= 0.6 is 11.3 Å². The number of amides is 1. The second kappa shape index (κ2) is 6.98. The van der Waals surface area contributed by atoms with Crippen molar-refractivity contribution in [3.8, 4) is 5.75 Å². The van der Waals surface area contributed by atoms with Gasteiger partial charge in [-0.2, -0.15) is 0 Å². The first kappa shape index (κ1) is 16.8. The smallest absolute Gasteiger partial charge is 0.228 e. The summed E-state index contributed by atoms with van der Waals surface area (Å²) in [7, 11) is 0. The third-order valence-electron chi connectivity index (χ3n) is 5.36. The maximum Gasteiger partial charge on any atom is 0.228 e. The minimum Gasteiger partial charge on any atom is -0.493 e. The van der Waals surface area contributed by atoms with Crippen molar-refractivity contribution in [3.63, 3.8) is 0 Å². The van der Waals surface area contributed by atoms with Crippen LogP contribution in [0.1, 0.15) is 16.8 Å². The first-order chi connectivity index (χ1) is 13.2. The first-order valence-electron chi connectivity index (χ1n) is 9.40. The van der Waals surface area contributed by atoms with Crippen LogP contribution in [0.5, 0.6) is 5.75 Å². The summed E-state index contributed by atoms with van der Waals surface area (Å²) in [5.41, 5.74) is 3.51. The Kier molecular flexibility index (Phi) is 4.33. The number of aromatic nitrogens is 2. The number of thiazole rings is 1. The Hall–Kier alpha value is -2.38. The molecule has 1 aromatic carbocycles. The van der Waals surface area contributed by atoms with Crippen molar-refractivity contribution in [2.24, 2.45) is 0 Å². The molecule has 0 aliphatic carbocycles. The Morgan fingerprint density at radius 1 is 1.22 bits per heavy atom. The van der Waals surface area contributed by atoms with Gasteiger partial charge in [-0.25, -0.2) is 4.98 Å². The van der Waals surface area contributed by atoms with Crippen LogP contribution in [-0.2, 0) is 24.2 Å². The molecule has 0 saturated carbocycles. The third-order valence-corrected chi connectivity index (χ3v) is 6.13. The summed E-state index contributed by atoms with van der Waals surface area (Å²) in [4.78, 5) is 22.5. The number of nitrogens with zero attached hydrogens (tertiary/aromatic N) is 4. The topological polar surface area (TPSA) is 50.1 Å². The minimum absolute atomic E-state index is 0.176. The normalized spacial score (nSPS) is 17.3. The van der Waals surface area contributed by atoms with E-state index < -0.39 is 0 Å². The Bertz CT molecular complexity index is 943. The van der Waals surface area contributed by atoms with Crippen LogP contribution in [0, 0.1) is 0 Å². The molecule has 0 radical (unpaired) electrons. The number of ether oxygens (including phenoxy) is 1. The molecule has 2 aromatic heterocycles. The number of hydrogen-bond donors (Lipinski definition) is 0. The molecule has 0 spiro atoms. The molecule has 6 nitrogen and oxygen atoms in total. The van der Waals surface area contributed by atoms with Crippen molar-refractivity contribution in [2.45, 2.75) is 19.4 Å². The summed E-state index contributed by atoms with van der Waals surface area (Å²) < 4.78 is 7.56. The standard InChI is InChI=1S/C20H22N4O2S/c25-19(12-17-14-24-8-10-27-20(24)21-17)23-6-4-22(5-7-23)13-15-1-2-18-16(11-15)3-9-26-18/h1-2,8,10-11,14H,3-7,9,12-13H2. The fourth-order valence-corrected chi connectivity index (χ4v) is 4.60. The van der Waals surface area contributed by atoms with Gasteiger partial charge in [0, 0.05) is 56.9 Å². The van der Waals surface area contributed by atoms with Crippen LogP contribution in [0.15, 0.2) is 36.0 Å². The lowest BCUT2D eigenvalue weighted by molar-refractivity contribution is -0.132. The number of carbonyl (C=O) groups is 1. The third kappa shape index (κ3) is 3.44. The predicted molar refractivity (Wildman–Crippen MR) is 104 cm³/mol. The van der Waals surface area contributed by atoms with Gasteiger partial charge in [-0.1, -0.05) is 12.1 Å². The molecule has 2 aliphatic heterocycles. The van der Waals surface area contributed by atoms with Crippen molar-refractivity contribution >= 4 is 22.2 Å². The van der Waals surface area contributed by atoms with Crippen LogP contribution in [0.4, 0.5) is 0 Å². The molecule has 5 rings (SSSR count).